The molecule has 0 unspecified atom stereocenters. The van der Waals surface area contributed by atoms with Crippen molar-refractivity contribution in [3.8, 4) is 16.9 Å². The number of aromatic nitrogens is 3. The number of rotatable bonds is 9. The fourth-order valence-electron chi connectivity index (χ4n) is 9.18. The second-order valence-electron chi connectivity index (χ2n) is 17.2. The van der Waals surface area contributed by atoms with Gasteiger partial charge in [0.15, 0.2) is 0 Å². The van der Waals surface area contributed by atoms with E-state index in [9.17, 15) is 9.59 Å². The van der Waals surface area contributed by atoms with E-state index in [1.807, 2.05) is 32.9 Å². The van der Waals surface area contributed by atoms with Crippen LogP contribution in [0.2, 0.25) is 0 Å². The van der Waals surface area contributed by atoms with E-state index in [-0.39, 0.29) is 40.4 Å². The molecule has 0 spiro atoms. The van der Waals surface area contributed by atoms with Crippen molar-refractivity contribution in [3.05, 3.63) is 60.0 Å². The number of aryl methyl sites for hydroxylation is 1. The van der Waals surface area contributed by atoms with E-state index in [0.29, 0.717) is 12.5 Å². The number of hydrogen-bond acceptors (Lipinski definition) is 6. The van der Waals surface area contributed by atoms with E-state index in [0.717, 1.165) is 106 Å². The van der Waals surface area contributed by atoms with Gasteiger partial charge in [-0.15, -0.1) is 0 Å². The molecule has 1 aromatic carbocycles. The number of methoxy groups -OCH3 is 1. The first kappa shape index (κ1) is 35.5. The van der Waals surface area contributed by atoms with Gasteiger partial charge in [0.2, 0.25) is 5.91 Å². The largest absolute Gasteiger partial charge is 0.496 e. The van der Waals surface area contributed by atoms with Crippen molar-refractivity contribution in [1.29, 1.82) is 0 Å². The zero-order chi connectivity index (χ0) is 36.0. The van der Waals surface area contributed by atoms with Gasteiger partial charge < -0.3 is 14.4 Å². The normalized spacial score (nSPS) is 26.4. The van der Waals surface area contributed by atoms with Crippen molar-refractivity contribution in [2.45, 2.75) is 122 Å². The van der Waals surface area contributed by atoms with E-state index in [1.165, 1.54) is 11.1 Å². The number of amides is 2. The van der Waals surface area contributed by atoms with Crippen molar-refractivity contribution in [1.82, 2.24) is 19.7 Å². The van der Waals surface area contributed by atoms with Gasteiger partial charge >= 0.3 is 6.09 Å². The fraction of sp³-hybridized carbons (Fsp3) is 0.619. The molecule has 9 heteroatoms. The number of likely N-dealkylation sites (tertiary alicyclic amines) is 1. The zero-order valence-electron chi connectivity index (χ0n) is 31.6. The number of hydrogen-bond donors (Lipinski definition) is 0. The number of pyridine rings is 1. The Labute approximate surface area is 304 Å². The summed E-state index contributed by atoms with van der Waals surface area (Å²) in [6.07, 6.45) is 16.2. The van der Waals surface area contributed by atoms with E-state index < -0.39 is 0 Å². The Morgan fingerprint density at radius 1 is 0.961 bits per heavy atom. The highest BCUT2D eigenvalue weighted by Crippen LogP contribution is 2.58. The van der Waals surface area contributed by atoms with Crippen LogP contribution in [-0.2, 0) is 20.5 Å². The molecule has 0 N–H and O–H groups in total. The average molecular weight is 696 g/mol. The first-order valence-electron chi connectivity index (χ1n) is 19.3. The third kappa shape index (κ3) is 7.14. The zero-order valence-corrected chi connectivity index (χ0v) is 31.6. The maximum absolute atomic E-state index is 14.7. The summed E-state index contributed by atoms with van der Waals surface area (Å²) < 4.78 is 13.5. The first-order chi connectivity index (χ1) is 24.4. The molecule has 0 atom stereocenters. The van der Waals surface area contributed by atoms with Crippen LogP contribution < -0.4 is 9.64 Å². The Balaban J connectivity index is 1.09. The summed E-state index contributed by atoms with van der Waals surface area (Å²) in [4.78, 5) is 36.2. The van der Waals surface area contributed by atoms with E-state index >= 15 is 0 Å². The summed E-state index contributed by atoms with van der Waals surface area (Å²) in [6, 6.07) is 10.8. The molecule has 4 aliphatic carbocycles. The van der Waals surface area contributed by atoms with Crippen LogP contribution in [0.3, 0.4) is 0 Å². The Hall–Kier alpha value is -3.88. The Morgan fingerprint density at radius 3 is 2.27 bits per heavy atom. The Bertz CT molecular complexity index is 1700. The summed E-state index contributed by atoms with van der Waals surface area (Å²) in [5.74, 6) is 2.30. The topological polar surface area (TPSA) is 89.8 Å². The molecule has 3 aromatic rings. The highest BCUT2D eigenvalue weighted by molar-refractivity contribution is 5.95. The Morgan fingerprint density at radius 2 is 1.67 bits per heavy atom. The predicted octanol–water partition coefficient (Wildman–Crippen LogP) is 8.68. The van der Waals surface area contributed by atoms with Crippen LogP contribution in [0.1, 0.15) is 109 Å². The molecular weight excluding hydrogens is 638 g/mol. The van der Waals surface area contributed by atoms with Crippen LogP contribution in [0.4, 0.5) is 10.6 Å². The molecule has 1 aliphatic heterocycles. The maximum atomic E-state index is 14.7. The lowest BCUT2D eigenvalue weighted by molar-refractivity contribution is -0.124. The Kier molecular flexibility index (Phi) is 9.70. The van der Waals surface area contributed by atoms with Crippen LogP contribution in [0, 0.1) is 24.2 Å². The minimum Gasteiger partial charge on any atom is -0.496 e. The molecule has 9 nitrogen and oxygen atoms in total. The maximum Gasteiger partial charge on any atom is 0.410 e. The number of ether oxygens (including phenoxy) is 2. The van der Waals surface area contributed by atoms with Crippen molar-refractivity contribution >= 4 is 17.8 Å². The van der Waals surface area contributed by atoms with Gasteiger partial charge in [-0.2, -0.15) is 5.10 Å². The minimum absolute atomic E-state index is 0.0635. The third-order valence-electron chi connectivity index (χ3n) is 12.9. The molecule has 2 amide bonds. The SMILES string of the molecule is CCC1CN(C(=O)O[C@H]2CC[C@H](C(=O)N(CC34CCC(c5ccc(OC)c(C)c5)(CC3)CC4)c3cc(-c4cnn(C(C)(C)C)c4)ccn3)CC2)C1. The number of carbonyl (C=O) groups is 2. The van der Waals surface area contributed by atoms with E-state index in [1.54, 1.807) is 7.11 Å². The quantitative estimate of drug-likeness (QED) is 0.223. The fourth-order valence-corrected chi connectivity index (χ4v) is 9.18. The first-order valence-corrected chi connectivity index (χ1v) is 19.3. The summed E-state index contributed by atoms with van der Waals surface area (Å²) in [5, 5.41) is 4.64. The number of anilines is 1. The van der Waals surface area contributed by atoms with E-state index in [2.05, 4.69) is 70.2 Å². The molecule has 4 saturated carbocycles. The highest BCUT2D eigenvalue weighted by Gasteiger charge is 2.51. The van der Waals surface area contributed by atoms with Gasteiger partial charge in [0, 0.05) is 43.5 Å². The summed E-state index contributed by atoms with van der Waals surface area (Å²) in [7, 11) is 1.74. The molecule has 2 aromatic heterocycles. The summed E-state index contributed by atoms with van der Waals surface area (Å²) in [5.41, 5.74) is 4.79. The van der Waals surface area contributed by atoms with Crippen LogP contribution >= 0.6 is 0 Å². The van der Waals surface area contributed by atoms with Gasteiger partial charge in [-0.3, -0.25) is 14.4 Å². The van der Waals surface area contributed by atoms with Crippen LogP contribution in [0.25, 0.3) is 11.1 Å². The second kappa shape index (κ2) is 13.9. The van der Waals surface area contributed by atoms with E-state index in [4.69, 9.17) is 14.5 Å². The number of fused-ring (bicyclic) bond motifs is 3. The number of carbonyl (C=O) groups excluding carboxylic acids is 2. The standard InChI is InChI=1S/C42H57N5O4/c1-7-30-25-45(26-30)39(49)51-35-11-8-31(9-12-35)38(48)46(37-23-32(14-21-43-37)33-24-44-47(27-33)40(3,4)5)28-41-15-18-42(19-16-41,20-17-41)34-10-13-36(50-6)29(2)22-34/h10,13-14,21-24,27,30-31,35H,7-9,11-12,15-20,25-26,28H2,1-6H3/t31-,35-,41?,42?. The number of nitrogens with zero attached hydrogens (tertiary/aromatic N) is 5. The van der Waals surface area contributed by atoms with Gasteiger partial charge in [-0.25, -0.2) is 9.78 Å². The molecule has 5 fully saturated rings. The van der Waals surface area contributed by atoms with Crippen molar-refractivity contribution in [2.75, 3.05) is 31.6 Å². The lowest BCUT2D eigenvalue weighted by Gasteiger charge is -2.55. The molecule has 0 radical (unpaired) electrons. The lowest BCUT2D eigenvalue weighted by Crippen LogP contribution is -2.52. The van der Waals surface area contributed by atoms with Crippen molar-refractivity contribution < 1.29 is 19.1 Å². The monoisotopic (exact) mass is 695 g/mol. The average Bonchev–Trinajstić information content (AvgIpc) is 3.63. The molecule has 8 rings (SSSR count). The van der Waals surface area contributed by atoms with Gasteiger partial charge in [-0.05, 0) is 150 Å². The molecule has 274 valence electrons. The number of benzene rings is 1. The summed E-state index contributed by atoms with van der Waals surface area (Å²) >= 11 is 0. The molecule has 1 saturated heterocycles. The predicted molar refractivity (Wildman–Crippen MR) is 200 cm³/mol. The van der Waals surface area contributed by atoms with Crippen LogP contribution in [-0.4, -0.2) is 64.5 Å². The van der Waals surface area contributed by atoms with Gasteiger partial charge in [0.25, 0.3) is 0 Å². The highest BCUT2D eigenvalue weighted by atomic mass is 16.6. The van der Waals surface area contributed by atoms with Crippen molar-refractivity contribution in [3.63, 3.8) is 0 Å². The third-order valence-corrected chi connectivity index (χ3v) is 12.9. The smallest absolute Gasteiger partial charge is 0.410 e. The second-order valence-corrected chi connectivity index (χ2v) is 17.2. The molecular formula is C42H57N5O4. The van der Waals surface area contributed by atoms with Gasteiger partial charge in [-0.1, -0.05) is 19.1 Å². The van der Waals surface area contributed by atoms with Gasteiger partial charge in [0.1, 0.15) is 17.7 Å². The van der Waals surface area contributed by atoms with Crippen molar-refractivity contribution in [2.24, 2.45) is 17.3 Å². The molecule has 5 aliphatic rings. The molecule has 2 bridgehead atoms. The summed E-state index contributed by atoms with van der Waals surface area (Å²) in [6.45, 7) is 13.0. The van der Waals surface area contributed by atoms with Gasteiger partial charge in [0.05, 0.1) is 18.8 Å². The molecule has 3 heterocycles. The van der Waals surface area contributed by atoms with Crippen LogP contribution in [0.5, 0.6) is 5.75 Å². The lowest BCUT2D eigenvalue weighted by atomic mass is 9.51. The molecule has 51 heavy (non-hydrogen) atoms. The minimum atomic E-state index is -0.193. The van der Waals surface area contributed by atoms with Crippen LogP contribution in [0.15, 0.2) is 48.9 Å².